The number of ketones is 1. The van der Waals surface area contributed by atoms with Crippen LogP contribution in [0.1, 0.15) is 36.0 Å². The van der Waals surface area contributed by atoms with Crippen LogP contribution in [0.2, 0.25) is 0 Å². The maximum absolute atomic E-state index is 12.0. The highest BCUT2D eigenvalue weighted by Crippen LogP contribution is 2.20. The summed E-state index contributed by atoms with van der Waals surface area (Å²) < 4.78 is 0. The van der Waals surface area contributed by atoms with Gasteiger partial charge in [0, 0.05) is 12.6 Å². The second kappa shape index (κ2) is 5.77. The highest BCUT2D eigenvalue weighted by Gasteiger charge is 2.16. The molecule has 17 heavy (non-hydrogen) atoms. The lowest BCUT2D eigenvalue weighted by Crippen LogP contribution is -2.28. The topological polar surface area (TPSA) is 68.0 Å². The Labute approximate surface area is 102 Å². The average Bonchev–Trinajstić information content (AvgIpc) is 2.38. The van der Waals surface area contributed by atoms with Gasteiger partial charge in [0.15, 0.2) is 5.78 Å². The second-order valence-corrected chi connectivity index (χ2v) is 4.59. The Morgan fingerprint density at radius 3 is 2.94 bits per heavy atom. The molecule has 1 aromatic rings. The van der Waals surface area contributed by atoms with Gasteiger partial charge >= 0.3 is 0 Å². The summed E-state index contributed by atoms with van der Waals surface area (Å²) in [6.45, 7) is 2.15. The predicted molar refractivity (Wildman–Crippen MR) is 67.8 cm³/mol. The third kappa shape index (κ3) is 3.27. The van der Waals surface area contributed by atoms with Crippen molar-refractivity contribution < 1.29 is 4.79 Å². The number of aromatic nitrogens is 1. The SMILES string of the molecule is Nc1ncccc1C(=O)CCC1CCNCC1. The summed E-state index contributed by atoms with van der Waals surface area (Å²) in [5, 5.41) is 3.33. The Morgan fingerprint density at radius 1 is 1.47 bits per heavy atom. The van der Waals surface area contributed by atoms with Gasteiger partial charge in [-0.2, -0.15) is 0 Å². The lowest BCUT2D eigenvalue weighted by molar-refractivity contribution is 0.0971. The zero-order valence-corrected chi connectivity index (χ0v) is 9.98. The van der Waals surface area contributed by atoms with E-state index in [1.807, 2.05) is 0 Å². The van der Waals surface area contributed by atoms with Gasteiger partial charge in [-0.15, -0.1) is 0 Å². The molecule has 2 heterocycles. The van der Waals surface area contributed by atoms with Gasteiger partial charge < -0.3 is 11.1 Å². The molecule has 1 aliphatic rings. The van der Waals surface area contributed by atoms with Crippen LogP contribution < -0.4 is 11.1 Å². The molecule has 92 valence electrons. The predicted octanol–water partition coefficient (Wildman–Crippen LogP) is 1.63. The summed E-state index contributed by atoms with van der Waals surface area (Å²) in [4.78, 5) is 15.9. The smallest absolute Gasteiger partial charge is 0.166 e. The average molecular weight is 233 g/mol. The molecule has 0 bridgehead atoms. The van der Waals surface area contributed by atoms with Gasteiger partial charge in [0.25, 0.3) is 0 Å². The second-order valence-electron chi connectivity index (χ2n) is 4.59. The molecule has 1 fully saturated rings. The lowest BCUT2D eigenvalue weighted by Gasteiger charge is -2.22. The molecule has 1 saturated heterocycles. The molecule has 0 amide bonds. The van der Waals surface area contributed by atoms with E-state index in [4.69, 9.17) is 5.73 Å². The number of nitrogens with one attached hydrogen (secondary N) is 1. The van der Waals surface area contributed by atoms with Gasteiger partial charge in [0.2, 0.25) is 0 Å². The summed E-state index contributed by atoms with van der Waals surface area (Å²) in [5.41, 5.74) is 6.26. The number of rotatable bonds is 4. The van der Waals surface area contributed by atoms with Crippen LogP contribution in [0.25, 0.3) is 0 Å². The molecule has 0 aliphatic carbocycles. The third-order valence-electron chi connectivity index (χ3n) is 3.38. The van der Waals surface area contributed by atoms with Crippen LogP contribution in [0, 0.1) is 5.92 Å². The number of anilines is 1. The molecule has 1 aliphatic heterocycles. The summed E-state index contributed by atoms with van der Waals surface area (Å²) in [5.74, 6) is 1.15. The fraction of sp³-hybridized carbons (Fsp3) is 0.538. The first-order valence-electron chi connectivity index (χ1n) is 6.22. The van der Waals surface area contributed by atoms with Gasteiger partial charge in [-0.1, -0.05) is 0 Å². The van der Waals surface area contributed by atoms with E-state index in [1.54, 1.807) is 18.3 Å². The quantitative estimate of drug-likeness (QED) is 0.775. The summed E-state index contributed by atoms with van der Waals surface area (Å²) in [7, 11) is 0. The number of nitrogens with zero attached hydrogens (tertiary/aromatic N) is 1. The Hall–Kier alpha value is -1.42. The van der Waals surface area contributed by atoms with Crippen LogP contribution >= 0.6 is 0 Å². The molecule has 4 heteroatoms. The Kier molecular flexibility index (Phi) is 4.09. The molecule has 0 unspecified atom stereocenters. The number of hydrogen-bond donors (Lipinski definition) is 2. The van der Waals surface area contributed by atoms with Crippen molar-refractivity contribution in [3.05, 3.63) is 23.9 Å². The van der Waals surface area contributed by atoms with E-state index < -0.39 is 0 Å². The summed E-state index contributed by atoms with van der Waals surface area (Å²) >= 11 is 0. The molecule has 1 aromatic heterocycles. The lowest BCUT2D eigenvalue weighted by atomic mass is 9.91. The molecule has 0 atom stereocenters. The molecule has 0 spiro atoms. The monoisotopic (exact) mass is 233 g/mol. The Bertz CT molecular complexity index is 386. The molecular weight excluding hydrogens is 214 g/mol. The van der Waals surface area contributed by atoms with Crippen molar-refractivity contribution in [3.63, 3.8) is 0 Å². The first-order chi connectivity index (χ1) is 8.27. The summed E-state index contributed by atoms with van der Waals surface area (Å²) in [6, 6.07) is 3.52. The first-order valence-corrected chi connectivity index (χ1v) is 6.22. The molecule has 2 rings (SSSR count). The number of nitrogens with two attached hydrogens (primary N) is 1. The Balaban J connectivity index is 1.87. The molecule has 0 radical (unpaired) electrons. The van der Waals surface area contributed by atoms with Crippen molar-refractivity contribution in [3.8, 4) is 0 Å². The molecular formula is C13H19N3O. The van der Waals surface area contributed by atoms with Crippen molar-refractivity contribution in [2.45, 2.75) is 25.7 Å². The Morgan fingerprint density at radius 2 is 2.24 bits per heavy atom. The molecule has 4 nitrogen and oxygen atoms in total. The van der Waals surface area contributed by atoms with Crippen molar-refractivity contribution in [1.29, 1.82) is 0 Å². The van der Waals surface area contributed by atoms with Gasteiger partial charge in [0.05, 0.1) is 5.56 Å². The van der Waals surface area contributed by atoms with Crippen LogP contribution in [0.15, 0.2) is 18.3 Å². The number of piperidine rings is 1. The van der Waals surface area contributed by atoms with E-state index in [0.717, 1.165) is 19.5 Å². The zero-order valence-electron chi connectivity index (χ0n) is 9.98. The van der Waals surface area contributed by atoms with Gasteiger partial charge in [-0.05, 0) is 50.4 Å². The minimum Gasteiger partial charge on any atom is -0.383 e. The van der Waals surface area contributed by atoms with E-state index in [-0.39, 0.29) is 5.78 Å². The number of Topliss-reactive ketones (excluding diaryl/α,β-unsaturated/α-hetero) is 1. The molecule has 0 saturated carbocycles. The van der Waals surface area contributed by atoms with E-state index in [1.165, 1.54) is 12.8 Å². The van der Waals surface area contributed by atoms with Crippen LogP contribution in [-0.2, 0) is 0 Å². The number of pyridine rings is 1. The maximum Gasteiger partial charge on any atom is 0.166 e. The van der Waals surface area contributed by atoms with E-state index in [2.05, 4.69) is 10.3 Å². The van der Waals surface area contributed by atoms with Gasteiger partial charge in [-0.25, -0.2) is 4.98 Å². The minimum atomic E-state index is 0.120. The molecule has 3 N–H and O–H groups in total. The van der Waals surface area contributed by atoms with Crippen molar-refractivity contribution in [2.24, 2.45) is 5.92 Å². The van der Waals surface area contributed by atoms with E-state index in [9.17, 15) is 4.79 Å². The zero-order chi connectivity index (χ0) is 12.1. The first kappa shape index (κ1) is 12.0. The summed E-state index contributed by atoms with van der Waals surface area (Å²) in [6.07, 6.45) is 5.51. The van der Waals surface area contributed by atoms with E-state index in [0.29, 0.717) is 23.7 Å². The maximum atomic E-state index is 12.0. The minimum absolute atomic E-state index is 0.120. The van der Waals surface area contributed by atoms with Crippen LogP contribution in [0.5, 0.6) is 0 Å². The normalized spacial score (nSPS) is 16.9. The fourth-order valence-electron chi connectivity index (χ4n) is 2.29. The van der Waals surface area contributed by atoms with Crippen molar-refractivity contribution >= 4 is 11.6 Å². The number of nitrogen functional groups attached to an aromatic ring is 1. The highest BCUT2D eigenvalue weighted by molar-refractivity contribution is 5.99. The number of carbonyl (C=O) groups excluding carboxylic acids is 1. The van der Waals surface area contributed by atoms with E-state index >= 15 is 0 Å². The van der Waals surface area contributed by atoms with Gasteiger partial charge in [-0.3, -0.25) is 4.79 Å². The van der Waals surface area contributed by atoms with Crippen LogP contribution in [0.3, 0.4) is 0 Å². The standard InChI is InChI=1S/C13H19N3O/c14-13-11(2-1-7-16-13)12(17)4-3-10-5-8-15-9-6-10/h1-2,7,10,15H,3-6,8-9H2,(H2,14,16). The molecule has 0 aromatic carbocycles. The van der Waals surface area contributed by atoms with Crippen LogP contribution in [-0.4, -0.2) is 23.9 Å². The largest absolute Gasteiger partial charge is 0.383 e. The highest BCUT2D eigenvalue weighted by atomic mass is 16.1. The van der Waals surface area contributed by atoms with Crippen LogP contribution in [0.4, 0.5) is 5.82 Å². The number of carbonyl (C=O) groups is 1. The fourth-order valence-corrected chi connectivity index (χ4v) is 2.29. The van der Waals surface area contributed by atoms with Crippen molar-refractivity contribution in [1.82, 2.24) is 10.3 Å². The van der Waals surface area contributed by atoms with Gasteiger partial charge in [0.1, 0.15) is 5.82 Å². The van der Waals surface area contributed by atoms with Crippen molar-refractivity contribution in [2.75, 3.05) is 18.8 Å². The third-order valence-corrected chi connectivity index (χ3v) is 3.38. The number of hydrogen-bond acceptors (Lipinski definition) is 4.